The second kappa shape index (κ2) is 9.58. The van der Waals surface area contributed by atoms with Crippen molar-refractivity contribution in [3.8, 4) is 5.75 Å². The van der Waals surface area contributed by atoms with Crippen LogP contribution in [-0.4, -0.2) is 31.3 Å². The highest BCUT2D eigenvalue weighted by atomic mass is 35.5. The van der Waals surface area contributed by atoms with Gasteiger partial charge in [0.05, 0.1) is 12.2 Å². The number of hydrogen-bond donors (Lipinski definition) is 2. The Balaban J connectivity index is 2.02. The van der Waals surface area contributed by atoms with Crippen molar-refractivity contribution in [3.63, 3.8) is 0 Å². The Morgan fingerprint density at radius 3 is 2.48 bits per heavy atom. The van der Waals surface area contributed by atoms with Crippen LogP contribution in [-0.2, 0) is 4.74 Å². The third-order valence-corrected chi connectivity index (χ3v) is 3.66. The number of nitrogens with one attached hydrogen (secondary N) is 2. The first-order chi connectivity index (χ1) is 12.0. The predicted molar refractivity (Wildman–Crippen MR) is 104 cm³/mol. The molecule has 0 radical (unpaired) electrons. The van der Waals surface area contributed by atoms with E-state index < -0.39 is 5.91 Å². The van der Waals surface area contributed by atoms with Gasteiger partial charge in [-0.25, -0.2) is 0 Å². The molecule has 0 bridgehead atoms. The van der Waals surface area contributed by atoms with Gasteiger partial charge >= 0.3 is 0 Å². The summed E-state index contributed by atoms with van der Waals surface area (Å²) in [6.45, 7) is 0.760. The number of ether oxygens (including phenoxy) is 2. The second-order valence-electron chi connectivity index (χ2n) is 4.90. The van der Waals surface area contributed by atoms with E-state index in [-0.39, 0.29) is 5.11 Å². The van der Waals surface area contributed by atoms with Gasteiger partial charge in [-0.3, -0.25) is 10.1 Å². The average Bonchev–Trinajstić information content (AvgIpc) is 2.54. The van der Waals surface area contributed by atoms with Gasteiger partial charge in [0.25, 0.3) is 5.91 Å². The minimum Gasteiger partial charge on any atom is -0.490 e. The number of hydrogen-bond acceptors (Lipinski definition) is 4. The van der Waals surface area contributed by atoms with Gasteiger partial charge in [-0.15, -0.1) is 0 Å². The molecule has 2 N–H and O–H groups in total. The van der Waals surface area contributed by atoms with Crippen molar-refractivity contribution in [2.75, 3.05) is 25.6 Å². The summed E-state index contributed by atoms with van der Waals surface area (Å²) in [5.41, 5.74) is 0.944. The molecule has 2 aromatic rings. The molecule has 1 amide bonds. The first-order valence-corrected chi connectivity index (χ1v) is 8.45. The van der Waals surface area contributed by atoms with Crippen LogP contribution in [0.15, 0.2) is 42.5 Å². The number of thiocarbonyl (C=S) groups is 1. The van der Waals surface area contributed by atoms with Gasteiger partial charge in [0.1, 0.15) is 12.4 Å². The van der Waals surface area contributed by atoms with Gasteiger partial charge in [0.2, 0.25) is 0 Å². The molecule has 2 rings (SSSR count). The van der Waals surface area contributed by atoms with Crippen LogP contribution in [0.5, 0.6) is 5.75 Å². The summed E-state index contributed by atoms with van der Waals surface area (Å²) in [4.78, 5) is 12.4. The maximum absolute atomic E-state index is 12.4. The molecule has 8 heteroatoms. The van der Waals surface area contributed by atoms with Crippen LogP contribution in [0.4, 0.5) is 5.69 Å². The summed E-state index contributed by atoms with van der Waals surface area (Å²) in [7, 11) is 1.58. The molecule has 25 heavy (non-hydrogen) atoms. The summed E-state index contributed by atoms with van der Waals surface area (Å²) in [6.07, 6.45) is 0. The lowest BCUT2D eigenvalue weighted by Crippen LogP contribution is -2.34. The highest BCUT2D eigenvalue weighted by Crippen LogP contribution is 2.22. The van der Waals surface area contributed by atoms with Crippen molar-refractivity contribution in [3.05, 3.63) is 58.1 Å². The number of methoxy groups -OCH3 is 1. The lowest BCUT2D eigenvalue weighted by molar-refractivity contribution is 0.0970. The molecule has 0 saturated carbocycles. The Labute approximate surface area is 161 Å². The van der Waals surface area contributed by atoms with E-state index in [4.69, 9.17) is 44.9 Å². The summed E-state index contributed by atoms with van der Waals surface area (Å²) in [5.74, 6) is 0.0595. The van der Waals surface area contributed by atoms with E-state index >= 15 is 0 Å². The number of halogens is 2. The van der Waals surface area contributed by atoms with Gasteiger partial charge in [-0.1, -0.05) is 35.3 Å². The molecule has 132 valence electrons. The first kappa shape index (κ1) is 19.5. The normalized spacial score (nSPS) is 10.2. The number of carbonyl (C=O) groups is 1. The fourth-order valence-electron chi connectivity index (χ4n) is 1.97. The topological polar surface area (TPSA) is 59.6 Å². The Bertz CT molecular complexity index is 751. The standard InChI is InChI=1S/C17H16Cl2N2O3S/c1-23-6-7-24-15-5-3-2-4-14(15)16(22)21-17(25)20-13-9-11(18)8-12(19)10-13/h2-5,8-10H,6-7H2,1H3,(H2,20,21,22,25). The van der Waals surface area contributed by atoms with Crippen LogP contribution in [0.3, 0.4) is 0 Å². The quantitative estimate of drug-likeness (QED) is 0.565. The monoisotopic (exact) mass is 398 g/mol. The maximum Gasteiger partial charge on any atom is 0.261 e. The zero-order valence-corrected chi connectivity index (χ0v) is 15.7. The van der Waals surface area contributed by atoms with Crippen LogP contribution < -0.4 is 15.4 Å². The maximum atomic E-state index is 12.4. The third kappa shape index (κ3) is 6.17. The number of rotatable bonds is 6. The van der Waals surface area contributed by atoms with Crippen LogP contribution >= 0.6 is 35.4 Å². The van der Waals surface area contributed by atoms with Crippen molar-refractivity contribution in [2.45, 2.75) is 0 Å². The van der Waals surface area contributed by atoms with Crippen molar-refractivity contribution in [1.29, 1.82) is 0 Å². The molecule has 0 aliphatic heterocycles. The number of amides is 1. The molecule has 0 unspecified atom stereocenters. The Hall–Kier alpha value is -1.86. The second-order valence-corrected chi connectivity index (χ2v) is 6.18. The minimum absolute atomic E-state index is 0.120. The lowest BCUT2D eigenvalue weighted by Gasteiger charge is -2.13. The van der Waals surface area contributed by atoms with Crippen LogP contribution in [0, 0.1) is 0 Å². The van der Waals surface area contributed by atoms with Crippen LogP contribution in [0.1, 0.15) is 10.4 Å². The molecule has 0 spiro atoms. The third-order valence-electron chi connectivity index (χ3n) is 3.02. The van der Waals surface area contributed by atoms with Gasteiger partial charge in [-0.05, 0) is 42.5 Å². The molecule has 0 fully saturated rings. The average molecular weight is 399 g/mol. The zero-order chi connectivity index (χ0) is 18.2. The van der Waals surface area contributed by atoms with E-state index in [0.29, 0.717) is 40.3 Å². The first-order valence-electron chi connectivity index (χ1n) is 7.29. The van der Waals surface area contributed by atoms with Crippen molar-refractivity contribution >= 4 is 52.1 Å². The molecule has 5 nitrogen and oxygen atoms in total. The molecule has 0 atom stereocenters. The SMILES string of the molecule is COCCOc1ccccc1C(=O)NC(=S)Nc1cc(Cl)cc(Cl)c1. The predicted octanol–water partition coefficient (Wildman–Crippen LogP) is 4.15. The Kier molecular flexibility index (Phi) is 7.46. The summed E-state index contributed by atoms with van der Waals surface area (Å²) in [6, 6.07) is 11.8. The number of benzene rings is 2. The Morgan fingerprint density at radius 1 is 1.12 bits per heavy atom. The molecule has 0 heterocycles. The van der Waals surface area contributed by atoms with Crippen molar-refractivity contribution in [1.82, 2.24) is 5.32 Å². The summed E-state index contributed by atoms with van der Waals surface area (Å²) in [5, 5.41) is 6.50. The van der Waals surface area contributed by atoms with Gasteiger partial charge in [-0.2, -0.15) is 0 Å². The van der Waals surface area contributed by atoms with Gasteiger partial charge in [0.15, 0.2) is 5.11 Å². The largest absolute Gasteiger partial charge is 0.490 e. The van der Waals surface area contributed by atoms with E-state index in [1.165, 1.54) is 0 Å². The van der Waals surface area contributed by atoms with Gasteiger partial charge < -0.3 is 14.8 Å². The van der Waals surface area contributed by atoms with Gasteiger partial charge in [0, 0.05) is 22.8 Å². The lowest BCUT2D eigenvalue weighted by atomic mass is 10.2. The minimum atomic E-state index is -0.390. The zero-order valence-electron chi connectivity index (χ0n) is 13.3. The van der Waals surface area contributed by atoms with Crippen molar-refractivity contribution in [2.24, 2.45) is 0 Å². The fourth-order valence-corrected chi connectivity index (χ4v) is 2.71. The molecule has 0 aliphatic carbocycles. The number of carbonyl (C=O) groups excluding carboxylic acids is 1. The smallest absolute Gasteiger partial charge is 0.261 e. The molecular weight excluding hydrogens is 383 g/mol. The number of para-hydroxylation sites is 1. The highest BCUT2D eigenvalue weighted by molar-refractivity contribution is 7.80. The fraction of sp³-hybridized carbons (Fsp3) is 0.176. The summed E-state index contributed by atoms with van der Waals surface area (Å²) >= 11 is 17.0. The number of anilines is 1. The molecule has 0 saturated heterocycles. The molecule has 0 aromatic heterocycles. The molecular formula is C17H16Cl2N2O3S. The molecule has 2 aromatic carbocycles. The van der Waals surface area contributed by atoms with E-state index in [1.807, 2.05) is 0 Å². The van der Waals surface area contributed by atoms with E-state index in [2.05, 4.69) is 10.6 Å². The van der Waals surface area contributed by atoms with E-state index in [1.54, 1.807) is 49.6 Å². The van der Waals surface area contributed by atoms with E-state index in [9.17, 15) is 4.79 Å². The van der Waals surface area contributed by atoms with Crippen LogP contribution in [0.25, 0.3) is 0 Å². The highest BCUT2D eigenvalue weighted by Gasteiger charge is 2.13. The van der Waals surface area contributed by atoms with E-state index in [0.717, 1.165) is 0 Å². The summed E-state index contributed by atoms with van der Waals surface area (Å²) < 4.78 is 10.5. The van der Waals surface area contributed by atoms with Crippen molar-refractivity contribution < 1.29 is 14.3 Å². The molecule has 0 aliphatic rings. The van der Waals surface area contributed by atoms with Crippen LogP contribution in [0.2, 0.25) is 10.0 Å². The Morgan fingerprint density at radius 2 is 1.80 bits per heavy atom.